The summed E-state index contributed by atoms with van der Waals surface area (Å²) in [5, 5.41) is 8.01. The summed E-state index contributed by atoms with van der Waals surface area (Å²) < 4.78 is 42.8. The molecule has 0 fully saturated rings. The predicted octanol–water partition coefficient (Wildman–Crippen LogP) is -0.967. The van der Waals surface area contributed by atoms with Gasteiger partial charge in [0.2, 0.25) is 5.03 Å². The first kappa shape index (κ1) is 14.5. The fraction of sp³-hybridized carbons (Fsp3) is 0.333. The standard InChI is InChI=1S/C9H11FN2O5S/c1-17-9(14)7(5-13)12-18(15,16)8-6(10)3-2-4-11-8/h2-4,7,12-13H,5H2,1H3. The fourth-order valence-corrected chi connectivity index (χ4v) is 2.30. The number of pyridine rings is 1. The van der Waals surface area contributed by atoms with Crippen LogP contribution in [0.15, 0.2) is 23.4 Å². The normalized spacial score (nSPS) is 13.1. The van der Waals surface area contributed by atoms with Gasteiger partial charge in [-0.1, -0.05) is 0 Å². The monoisotopic (exact) mass is 278 g/mol. The number of aromatic nitrogens is 1. The van der Waals surface area contributed by atoms with Crippen LogP contribution in [0, 0.1) is 5.82 Å². The van der Waals surface area contributed by atoms with Gasteiger partial charge < -0.3 is 9.84 Å². The molecule has 9 heteroatoms. The van der Waals surface area contributed by atoms with Crippen LogP contribution in [-0.4, -0.2) is 44.2 Å². The van der Waals surface area contributed by atoms with E-state index in [9.17, 15) is 17.6 Å². The summed E-state index contributed by atoms with van der Waals surface area (Å²) in [6.07, 6.45) is 1.09. The molecule has 0 aromatic carbocycles. The number of esters is 1. The van der Waals surface area contributed by atoms with Crippen LogP contribution in [0.2, 0.25) is 0 Å². The number of nitrogens with zero attached hydrogens (tertiary/aromatic N) is 1. The van der Waals surface area contributed by atoms with E-state index >= 15 is 0 Å². The summed E-state index contributed by atoms with van der Waals surface area (Å²) in [6.45, 7) is -0.819. The largest absolute Gasteiger partial charge is 0.468 e. The molecule has 1 rings (SSSR count). The molecule has 1 unspecified atom stereocenters. The van der Waals surface area contributed by atoms with Crippen LogP contribution in [0.4, 0.5) is 4.39 Å². The number of rotatable bonds is 5. The molecule has 100 valence electrons. The molecular weight excluding hydrogens is 267 g/mol. The quantitative estimate of drug-likeness (QED) is 0.671. The number of carbonyl (C=O) groups is 1. The number of sulfonamides is 1. The minimum absolute atomic E-state index is 0.819. The van der Waals surface area contributed by atoms with Gasteiger partial charge in [-0.15, -0.1) is 0 Å². The third kappa shape index (κ3) is 3.22. The summed E-state index contributed by atoms with van der Waals surface area (Å²) in [5.74, 6) is -2.05. The van der Waals surface area contributed by atoms with Gasteiger partial charge in [-0.25, -0.2) is 17.8 Å². The number of nitrogens with one attached hydrogen (secondary N) is 1. The molecule has 1 aromatic heterocycles. The highest BCUT2D eigenvalue weighted by Gasteiger charge is 2.28. The minimum Gasteiger partial charge on any atom is -0.468 e. The van der Waals surface area contributed by atoms with Crippen LogP contribution in [0.3, 0.4) is 0 Å². The molecule has 0 aliphatic carbocycles. The van der Waals surface area contributed by atoms with Gasteiger partial charge in [0.25, 0.3) is 10.0 Å². The van der Waals surface area contributed by atoms with Gasteiger partial charge in [-0.3, -0.25) is 4.79 Å². The van der Waals surface area contributed by atoms with Gasteiger partial charge in [0.05, 0.1) is 13.7 Å². The molecule has 18 heavy (non-hydrogen) atoms. The Hall–Kier alpha value is -1.58. The number of hydrogen-bond donors (Lipinski definition) is 2. The van der Waals surface area contributed by atoms with Crippen molar-refractivity contribution in [1.82, 2.24) is 9.71 Å². The number of aliphatic hydroxyl groups is 1. The highest BCUT2D eigenvalue weighted by molar-refractivity contribution is 7.89. The van der Waals surface area contributed by atoms with Gasteiger partial charge in [0, 0.05) is 6.20 Å². The van der Waals surface area contributed by atoms with Gasteiger partial charge >= 0.3 is 5.97 Å². The van der Waals surface area contributed by atoms with Crippen molar-refractivity contribution in [3.63, 3.8) is 0 Å². The molecule has 0 radical (unpaired) electrons. The lowest BCUT2D eigenvalue weighted by Gasteiger charge is -2.13. The Bertz CT molecular complexity index is 534. The molecular formula is C9H11FN2O5S. The average Bonchev–Trinajstić information content (AvgIpc) is 2.35. The van der Waals surface area contributed by atoms with Crippen molar-refractivity contribution in [2.24, 2.45) is 0 Å². The molecule has 1 atom stereocenters. The topological polar surface area (TPSA) is 106 Å². The van der Waals surface area contributed by atoms with E-state index < -0.39 is 39.5 Å². The van der Waals surface area contributed by atoms with Crippen LogP contribution < -0.4 is 4.72 Å². The number of halogens is 1. The van der Waals surface area contributed by atoms with Gasteiger partial charge in [0.15, 0.2) is 5.82 Å². The Morgan fingerprint density at radius 1 is 1.67 bits per heavy atom. The Kier molecular flexibility index (Phi) is 4.70. The Labute approximate surface area is 103 Å². The summed E-state index contributed by atoms with van der Waals surface area (Å²) in [6, 6.07) is 0.618. The first-order chi connectivity index (χ1) is 8.42. The number of ether oxygens (including phenoxy) is 1. The molecule has 1 heterocycles. The van der Waals surface area contributed by atoms with Crippen molar-refractivity contribution in [1.29, 1.82) is 0 Å². The molecule has 0 saturated heterocycles. The van der Waals surface area contributed by atoms with E-state index in [1.165, 1.54) is 6.07 Å². The van der Waals surface area contributed by atoms with Crippen molar-refractivity contribution in [2.45, 2.75) is 11.1 Å². The smallest absolute Gasteiger partial charge is 0.326 e. The second kappa shape index (κ2) is 5.85. The van der Waals surface area contributed by atoms with Crippen molar-refractivity contribution in [3.05, 3.63) is 24.1 Å². The number of aliphatic hydroxyl groups excluding tert-OH is 1. The second-order valence-corrected chi connectivity index (χ2v) is 4.80. The maximum absolute atomic E-state index is 13.3. The molecule has 0 bridgehead atoms. The molecule has 0 amide bonds. The van der Waals surface area contributed by atoms with E-state index in [-0.39, 0.29) is 0 Å². The van der Waals surface area contributed by atoms with E-state index in [4.69, 9.17) is 5.11 Å². The van der Waals surface area contributed by atoms with E-state index in [0.717, 1.165) is 19.4 Å². The number of hydrogen-bond acceptors (Lipinski definition) is 6. The number of carbonyl (C=O) groups excluding carboxylic acids is 1. The van der Waals surface area contributed by atoms with Crippen molar-refractivity contribution < 1.29 is 27.4 Å². The SMILES string of the molecule is COC(=O)C(CO)NS(=O)(=O)c1ncccc1F. The molecule has 7 nitrogen and oxygen atoms in total. The third-order valence-electron chi connectivity index (χ3n) is 1.94. The van der Waals surface area contributed by atoms with Crippen molar-refractivity contribution >= 4 is 16.0 Å². The second-order valence-electron chi connectivity index (χ2n) is 3.17. The van der Waals surface area contributed by atoms with Gasteiger partial charge in [-0.2, -0.15) is 4.72 Å². The molecule has 2 N–H and O–H groups in total. The minimum atomic E-state index is -4.35. The Morgan fingerprint density at radius 3 is 2.83 bits per heavy atom. The van der Waals surface area contributed by atoms with Crippen LogP contribution in [0.5, 0.6) is 0 Å². The maximum Gasteiger partial charge on any atom is 0.326 e. The summed E-state index contributed by atoms with van der Waals surface area (Å²) in [7, 11) is -3.33. The highest BCUT2D eigenvalue weighted by Crippen LogP contribution is 2.10. The van der Waals surface area contributed by atoms with Gasteiger partial charge in [0.1, 0.15) is 6.04 Å². The highest BCUT2D eigenvalue weighted by atomic mass is 32.2. The van der Waals surface area contributed by atoms with Crippen molar-refractivity contribution in [3.8, 4) is 0 Å². The lowest BCUT2D eigenvalue weighted by molar-refractivity contribution is -0.143. The van der Waals surface area contributed by atoms with Crippen LogP contribution in [0.1, 0.15) is 0 Å². The van der Waals surface area contributed by atoms with E-state index in [1.807, 2.05) is 0 Å². The zero-order valence-corrected chi connectivity index (χ0v) is 10.1. The summed E-state index contributed by atoms with van der Waals surface area (Å²) in [4.78, 5) is 14.5. The zero-order chi connectivity index (χ0) is 13.8. The Balaban J connectivity index is 3.02. The first-order valence-electron chi connectivity index (χ1n) is 4.74. The van der Waals surface area contributed by atoms with Crippen molar-refractivity contribution in [2.75, 3.05) is 13.7 Å². The fourth-order valence-electron chi connectivity index (χ4n) is 1.11. The molecule has 0 spiro atoms. The molecule has 0 aliphatic rings. The Morgan fingerprint density at radius 2 is 2.33 bits per heavy atom. The number of methoxy groups -OCH3 is 1. The van der Waals surface area contributed by atoms with E-state index in [1.54, 1.807) is 4.72 Å². The van der Waals surface area contributed by atoms with E-state index in [0.29, 0.717) is 0 Å². The summed E-state index contributed by atoms with van der Waals surface area (Å²) >= 11 is 0. The van der Waals surface area contributed by atoms with Gasteiger partial charge in [-0.05, 0) is 12.1 Å². The van der Waals surface area contributed by atoms with Crippen LogP contribution >= 0.6 is 0 Å². The van der Waals surface area contributed by atoms with E-state index in [2.05, 4.69) is 9.72 Å². The zero-order valence-electron chi connectivity index (χ0n) is 9.33. The lowest BCUT2D eigenvalue weighted by Crippen LogP contribution is -2.44. The van der Waals surface area contributed by atoms with Crippen LogP contribution in [0.25, 0.3) is 0 Å². The molecule has 0 aliphatic heterocycles. The first-order valence-corrected chi connectivity index (χ1v) is 6.22. The van der Waals surface area contributed by atoms with Crippen LogP contribution in [-0.2, 0) is 19.6 Å². The molecule has 1 aromatic rings. The lowest BCUT2D eigenvalue weighted by atomic mass is 10.3. The molecule has 0 saturated carbocycles. The predicted molar refractivity (Wildman–Crippen MR) is 57.4 cm³/mol. The average molecular weight is 278 g/mol. The maximum atomic E-state index is 13.3. The third-order valence-corrected chi connectivity index (χ3v) is 3.35. The summed E-state index contributed by atoms with van der Waals surface area (Å²) in [5.41, 5.74) is 0.